The van der Waals surface area contributed by atoms with Crippen LogP contribution >= 0.6 is 0 Å². The minimum absolute atomic E-state index is 0. The SMILES string of the molecule is C[S-].O=S(=O)(O)O.[Na+]. The third kappa shape index (κ3) is 188. The Kier molecular flexibility index (Phi) is 16.5. The predicted molar refractivity (Wildman–Crippen MR) is 27.5 cm³/mol. The van der Waals surface area contributed by atoms with Gasteiger partial charge in [-0.1, -0.05) is 0 Å². The summed E-state index contributed by atoms with van der Waals surface area (Å²) >= 11 is 4.08. The van der Waals surface area contributed by atoms with Crippen LogP contribution in [-0.4, -0.2) is 23.8 Å². The molecule has 7 heteroatoms. The van der Waals surface area contributed by atoms with Crippen LogP contribution in [0.25, 0.3) is 0 Å². The molecule has 4 nitrogen and oxygen atoms in total. The molecule has 8 heavy (non-hydrogen) atoms. The molecule has 46 valence electrons. The number of rotatable bonds is 0. The van der Waals surface area contributed by atoms with Gasteiger partial charge in [-0.15, -0.1) is 0 Å². The summed E-state index contributed by atoms with van der Waals surface area (Å²) in [6.45, 7) is 0. The smallest absolute Gasteiger partial charge is 0.796 e. The first-order valence-corrected chi connectivity index (χ1v) is 3.32. The molecule has 0 spiro atoms. The van der Waals surface area contributed by atoms with Gasteiger partial charge in [0, 0.05) is 0 Å². The van der Waals surface area contributed by atoms with Crippen molar-refractivity contribution in [3.63, 3.8) is 0 Å². The van der Waals surface area contributed by atoms with Crippen molar-refractivity contribution in [1.82, 2.24) is 0 Å². The predicted octanol–water partition coefficient (Wildman–Crippen LogP) is -3.49. The normalized spacial score (nSPS) is 8.00. The van der Waals surface area contributed by atoms with Gasteiger partial charge in [-0.25, -0.2) is 0 Å². The van der Waals surface area contributed by atoms with Gasteiger partial charge in [0.05, 0.1) is 0 Å². The Hall–Kier alpha value is 1.22. The second-order valence-electron chi connectivity index (χ2n) is 0.448. The van der Waals surface area contributed by atoms with Gasteiger partial charge in [-0.05, 0) is 0 Å². The molecule has 0 saturated carbocycles. The van der Waals surface area contributed by atoms with E-state index in [9.17, 15) is 0 Å². The second kappa shape index (κ2) is 8.22. The molecule has 2 N–H and O–H groups in total. The van der Waals surface area contributed by atoms with Crippen LogP contribution < -0.4 is 29.6 Å². The van der Waals surface area contributed by atoms with E-state index < -0.39 is 10.4 Å². The van der Waals surface area contributed by atoms with Gasteiger partial charge in [-0.2, -0.15) is 14.7 Å². The van der Waals surface area contributed by atoms with E-state index in [-0.39, 0.29) is 29.6 Å². The van der Waals surface area contributed by atoms with Crippen molar-refractivity contribution in [3.8, 4) is 0 Å². The van der Waals surface area contributed by atoms with Crippen molar-refractivity contribution in [2.45, 2.75) is 0 Å². The Labute approximate surface area is 75.9 Å². The van der Waals surface area contributed by atoms with E-state index in [1.54, 1.807) is 6.26 Å². The minimum Gasteiger partial charge on any atom is -0.796 e. The van der Waals surface area contributed by atoms with E-state index in [4.69, 9.17) is 17.5 Å². The Balaban J connectivity index is -0.0000000750. The van der Waals surface area contributed by atoms with Crippen LogP contribution in [0.15, 0.2) is 0 Å². The van der Waals surface area contributed by atoms with Crippen LogP contribution in [0.5, 0.6) is 0 Å². The zero-order valence-electron chi connectivity index (χ0n) is 4.53. The largest absolute Gasteiger partial charge is 1.00 e. The fraction of sp³-hybridized carbons (Fsp3) is 1.00. The van der Waals surface area contributed by atoms with Crippen LogP contribution in [-0.2, 0) is 23.0 Å². The molecule has 0 aliphatic rings. The zero-order chi connectivity index (χ0) is 6.50. The summed E-state index contributed by atoms with van der Waals surface area (Å²) < 4.78 is 31.6. The molecule has 0 saturated heterocycles. The van der Waals surface area contributed by atoms with Crippen LogP contribution in [0.1, 0.15) is 0 Å². The molecule has 0 rings (SSSR count). The maximum absolute atomic E-state index is 8.74. The maximum Gasteiger partial charge on any atom is 1.00 e. The van der Waals surface area contributed by atoms with Gasteiger partial charge in [0.15, 0.2) is 0 Å². The number of hydrogen-bond donors (Lipinski definition) is 2. The van der Waals surface area contributed by atoms with Gasteiger partial charge in [-0.3, -0.25) is 9.11 Å². The van der Waals surface area contributed by atoms with Gasteiger partial charge >= 0.3 is 40.0 Å². The van der Waals surface area contributed by atoms with Gasteiger partial charge in [0.2, 0.25) is 0 Å². The fourth-order valence-electron chi connectivity index (χ4n) is 0. The monoisotopic (exact) mass is 168 g/mol. The first-order chi connectivity index (χ1) is 3.00. The average Bonchev–Trinajstić information content (AvgIpc) is 1.36. The average molecular weight is 168 g/mol. The molecule has 0 amide bonds. The van der Waals surface area contributed by atoms with Gasteiger partial charge in [0.25, 0.3) is 0 Å². The summed E-state index contributed by atoms with van der Waals surface area (Å²) in [4.78, 5) is 0. The Bertz CT molecular complexity index is 97.2. The molecule has 0 radical (unpaired) electrons. The molecule has 0 heterocycles. The molecule has 0 bridgehead atoms. The van der Waals surface area contributed by atoms with Gasteiger partial charge in [0.1, 0.15) is 0 Å². The van der Waals surface area contributed by atoms with Crippen molar-refractivity contribution >= 4 is 23.0 Å². The van der Waals surface area contributed by atoms with Crippen molar-refractivity contribution in [2.24, 2.45) is 0 Å². The third-order valence-corrected chi connectivity index (χ3v) is 0. The number of hydrogen-bond acceptors (Lipinski definition) is 3. The summed E-state index contributed by atoms with van der Waals surface area (Å²) in [6, 6.07) is 0. The van der Waals surface area contributed by atoms with E-state index >= 15 is 0 Å². The van der Waals surface area contributed by atoms with Crippen molar-refractivity contribution in [1.29, 1.82) is 0 Å². The quantitative estimate of drug-likeness (QED) is 0.223. The fourth-order valence-corrected chi connectivity index (χ4v) is 0. The standard InChI is InChI=1S/CH4S.Na.H2O4S/c1-2;;1-5(2,3)4/h2H,1H3;;(H2,1,2,3,4)/q;+1;/p-1. The minimum atomic E-state index is -4.67. The summed E-state index contributed by atoms with van der Waals surface area (Å²) in [5, 5.41) is 0. The van der Waals surface area contributed by atoms with Crippen molar-refractivity contribution in [3.05, 3.63) is 0 Å². The molecule has 0 fully saturated rings. The van der Waals surface area contributed by atoms with Crippen LogP contribution in [0, 0.1) is 0 Å². The van der Waals surface area contributed by atoms with Crippen LogP contribution in [0.3, 0.4) is 0 Å². The molecule has 0 atom stereocenters. The Morgan fingerprint density at radius 3 is 1.25 bits per heavy atom. The topological polar surface area (TPSA) is 74.6 Å². The Morgan fingerprint density at radius 1 is 1.25 bits per heavy atom. The van der Waals surface area contributed by atoms with Crippen molar-refractivity contribution < 1.29 is 47.1 Å². The van der Waals surface area contributed by atoms with Crippen LogP contribution in [0.2, 0.25) is 0 Å². The first kappa shape index (κ1) is 16.1. The summed E-state index contributed by atoms with van der Waals surface area (Å²) in [5.41, 5.74) is 0. The molecule has 0 aromatic rings. The molecular formula is CH5NaO4S2. The molecule has 0 aromatic carbocycles. The second-order valence-corrected chi connectivity index (χ2v) is 1.34. The summed E-state index contributed by atoms with van der Waals surface area (Å²) in [6.07, 6.45) is 1.58. The maximum atomic E-state index is 8.74. The molecular weight excluding hydrogens is 163 g/mol. The molecule has 0 unspecified atom stereocenters. The zero-order valence-corrected chi connectivity index (χ0v) is 8.16. The van der Waals surface area contributed by atoms with Crippen molar-refractivity contribution in [2.75, 3.05) is 6.26 Å². The van der Waals surface area contributed by atoms with E-state index in [2.05, 4.69) is 12.6 Å². The van der Waals surface area contributed by atoms with E-state index in [1.165, 1.54) is 0 Å². The summed E-state index contributed by atoms with van der Waals surface area (Å²) in [7, 11) is -4.67. The molecule has 0 aliphatic carbocycles. The van der Waals surface area contributed by atoms with Crippen LogP contribution in [0.4, 0.5) is 0 Å². The van der Waals surface area contributed by atoms with Gasteiger partial charge < -0.3 is 12.6 Å². The molecule has 0 aromatic heterocycles. The third-order valence-electron chi connectivity index (χ3n) is 0. The summed E-state index contributed by atoms with van der Waals surface area (Å²) in [5.74, 6) is 0. The van der Waals surface area contributed by atoms with E-state index in [1.807, 2.05) is 0 Å². The molecule has 0 aliphatic heterocycles. The Morgan fingerprint density at radius 2 is 1.25 bits per heavy atom. The van der Waals surface area contributed by atoms with E-state index in [0.717, 1.165) is 0 Å². The first-order valence-electron chi connectivity index (χ1n) is 1.11. The van der Waals surface area contributed by atoms with E-state index in [0.29, 0.717) is 0 Å².